The molecule has 1 saturated carbocycles. The number of hydrogen-bond acceptors (Lipinski definition) is 3. The molecule has 17 heavy (non-hydrogen) atoms. The molecule has 0 aliphatic heterocycles. The van der Waals surface area contributed by atoms with Crippen molar-refractivity contribution in [3.63, 3.8) is 0 Å². The molecule has 4 atom stereocenters. The van der Waals surface area contributed by atoms with Crippen LogP contribution in [0.2, 0.25) is 0 Å². The molecule has 0 aromatic rings. The number of hydrogen-bond donors (Lipinski definition) is 4. The normalized spacial score (nSPS) is 29.7. The zero-order chi connectivity index (χ0) is 13.0. The van der Waals surface area contributed by atoms with E-state index in [1.807, 2.05) is 0 Å². The van der Waals surface area contributed by atoms with Gasteiger partial charge in [-0.3, -0.25) is 0 Å². The van der Waals surface area contributed by atoms with Gasteiger partial charge in [0.2, 0.25) is 0 Å². The van der Waals surface area contributed by atoms with E-state index in [-0.39, 0.29) is 12.6 Å². The Kier molecular flexibility index (Phi) is 4.74. The zero-order valence-electron chi connectivity index (χ0n) is 10.1. The number of carbonyl (C=O) groups excluding carboxylic acids is 1. The van der Waals surface area contributed by atoms with E-state index in [2.05, 4.69) is 24.5 Å². The first-order valence-electron chi connectivity index (χ1n) is 5.87. The molecular formula is C11H20N2O4. The Labute approximate surface area is 100 Å². The second-order valence-electron chi connectivity index (χ2n) is 4.73. The molecule has 2 amide bonds. The minimum Gasteiger partial charge on any atom is -0.479 e. The maximum Gasteiger partial charge on any atom is 0.334 e. The fourth-order valence-corrected chi connectivity index (χ4v) is 2.06. The number of amides is 2. The van der Waals surface area contributed by atoms with Crippen molar-refractivity contribution in [3.8, 4) is 0 Å². The monoisotopic (exact) mass is 244 g/mol. The number of urea groups is 1. The van der Waals surface area contributed by atoms with Gasteiger partial charge in [-0.15, -0.1) is 0 Å². The number of aliphatic hydroxyl groups is 1. The third kappa shape index (κ3) is 3.89. The van der Waals surface area contributed by atoms with Crippen molar-refractivity contribution in [3.05, 3.63) is 0 Å². The number of aliphatic hydroxyl groups excluding tert-OH is 1. The zero-order valence-corrected chi connectivity index (χ0v) is 10.1. The van der Waals surface area contributed by atoms with Crippen LogP contribution >= 0.6 is 0 Å². The molecule has 0 aromatic heterocycles. The summed E-state index contributed by atoms with van der Waals surface area (Å²) in [6.45, 7) is 3.96. The van der Waals surface area contributed by atoms with Gasteiger partial charge in [0.05, 0.1) is 6.54 Å². The molecule has 0 spiro atoms. The number of aliphatic carboxylic acids is 1. The summed E-state index contributed by atoms with van der Waals surface area (Å²) in [7, 11) is 0. The van der Waals surface area contributed by atoms with Crippen molar-refractivity contribution in [2.45, 2.75) is 38.8 Å². The van der Waals surface area contributed by atoms with E-state index >= 15 is 0 Å². The molecular weight excluding hydrogens is 224 g/mol. The highest BCUT2D eigenvalue weighted by Gasteiger charge is 2.30. The third-order valence-electron chi connectivity index (χ3n) is 3.52. The molecule has 4 N–H and O–H groups in total. The largest absolute Gasteiger partial charge is 0.479 e. The Hall–Kier alpha value is -1.30. The van der Waals surface area contributed by atoms with Gasteiger partial charge in [-0.05, 0) is 24.7 Å². The fourth-order valence-electron chi connectivity index (χ4n) is 2.06. The smallest absolute Gasteiger partial charge is 0.334 e. The molecule has 1 rings (SSSR count). The first-order valence-corrected chi connectivity index (χ1v) is 5.87. The van der Waals surface area contributed by atoms with E-state index in [1.165, 1.54) is 0 Å². The van der Waals surface area contributed by atoms with Crippen LogP contribution in [0.3, 0.4) is 0 Å². The Bertz CT molecular complexity index is 295. The van der Waals surface area contributed by atoms with E-state index in [1.54, 1.807) is 0 Å². The lowest BCUT2D eigenvalue weighted by Crippen LogP contribution is -2.46. The highest BCUT2D eigenvalue weighted by molar-refractivity contribution is 5.76. The topological polar surface area (TPSA) is 98.7 Å². The van der Waals surface area contributed by atoms with E-state index in [9.17, 15) is 9.59 Å². The van der Waals surface area contributed by atoms with E-state index in [0.717, 1.165) is 12.8 Å². The van der Waals surface area contributed by atoms with Crippen LogP contribution in [0.4, 0.5) is 4.79 Å². The minimum absolute atomic E-state index is 0.131. The second-order valence-corrected chi connectivity index (χ2v) is 4.73. The van der Waals surface area contributed by atoms with Gasteiger partial charge in [0.15, 0.2) is 6.10 Å². The average molecular weight is 244 g/mol. The van der Waals surface area contributed by atoms with Gasteiger partial charge in [-0.2, -0.15) is 0 Å². The lowest BCUT2D eigenvalue weighted by molar-refractivity contribution is -0.146. The van der Waals surface area contributed by atoms with Crippen LogP contribution in [0.25, 0.3) is 0 Å². The van der Waals surface area contributed by atoms with Crippen LogP contribution in [-0.4, -0.2) is 40.9 Å². The average Bonchev–Trinajstić information content (AvgIpc) is 2.57. The van der Waals surface area contributed by atoms with Gasteiger partial charge in [0.1, 0.15) is 0 Å². The van der Waals surface area contributed by atoms with Crippen molar-refractivity contribution < 1.29 is 19.8 Å². The van der Waals surface area contributed by atoms with Gasteiger partial charge in [-0.1, -0.05) is 13.8 Å². The van der Waals surface area contributed by atoms with Gasteiger partial charge in [0, 0.05) is 6.04 Å². The summed E-state index contributed by atoms with van der Waals surface area (Å²) in [6, 6.07) is -0.289. The number of rotatable bonds is 4. The van der Waals surface area contributed by atoms with E-state index in [4.69, 9.17) is 10.2 Å². The quantitative estimate of drug-likeness (QED) is 0.566. The highest BCUT2D eigenvalue weighted by Crippen LogP contribution is 2.30. The van der Waals surface area contributed by atoms with Crippen molar-refractivity contribution in [1.29, 1.82) is 0 Å². The van der Waals surface area contributed by atoms with Crippen LogP contribution in [0, 0.1) is 11.8 Å². The van der Waals surface area contributed by atoms with Gasteiger partial charge in [0.25, 0.3) is 0 Å². The summed E-state index contributed by atoms with van der Waals surface area (Å²) in [6.07, 6.45) is 0.474. The second kappa shape index (κ2) is 5.86. The van der Waals surface area contributed by atoms with Crippen molar-refractivity contribution in [1.82, 2.24) is 10.6 Å². The molecule has 98 valence electrons. The first kappa shape index (κ1) is 13.8. The predicted molar refractivity (Wildman–Crippen MR) is 61.5 cm³/mol. The summed E-state index contributed by atoms with van der Waals surface area (Å²) >= 11 is 0. The van der Waals surface area contributed by atoms with E-state index < -0.39 is 18.1 Å². The van der Waals surface area contributed by atoms with Gasteiger partial charge in [-0.25, -0.2) is 9.59 Å². The van der Waals surface area contributed by atoms with Crippen molar-refractivity contribution in [2.24, 2.45) is 11.8 Å². The van der Waals surface area contributed by atoms with Crippen LogP contribution in [0.5, 0.6) is 0 Å². The molecule has 4 unspecified atom stereocenters. The van der Waals surface area contributed by atoms with E-state index in [0.29, 0.717) is 11.8 Å². The van der Waals surface area contributed by atoms with Crippen LogP contribution in [0.15, 0.2) is 0 Å². The molecule has 6 heteroatoms. The lowest BCUT2D eigenvalue weighted by atomic mass is 9.98. The summed E-state index contributed by atoms with van der Waals surface area (Å²) in [5, 5.41) is 22.6. The Balaban J connectivity index is 2.28. The summed E-state index contributed by atoms with van der Waals surface area (Å²) in [5.41, 5.74) is 0. The Morgan fingerprint density at radius 2 is 2.00 bits per heavy atom. The van der Waals surface area contributed by atoms with Gasteiger partial charge < -0.3 is 20.8 Å². The van der Waals surface area contributed by atoms with Crippen molar-refractivity contribution >= 4 is 12.0 Å². The summed E-state index contributed by atoms with van der Waals surface area (Å²) < 4.78 is 0. The molecule has 1 aliphatic rings. The molecule has 1 aliphatic carbocycles. The molecule has 0 saturated heterocycles. The van der Waals surface area contributed by atoms with Gasteiger partial charge >= 0.3 is 12.0 Å². The third-order valence-corrected chi connectivity index (χ3v) is 3.52. The molecule has 0 heterocycles. The number of nitrogens with one attached hydrogen (secondary N) is 2. The standard InChI is InChI=1S/C11H20N2O4/c1-6-3-4-8(7(6)2)13-11(17)12-5-9(14)10(15)16/h6-9,14H,3-5H2,1-2H3,(H,15,16)(H2,12,13,17). The summed E-state index contributed by atoms with van der Waals surface area (Å²) in [4.78, 5) is 21.8. The molecule has 0 radical (unpaired) electrons. The van der Waals surface area contributed by atoms with Crippen molar-refractivity contribution in [2.75, 3.05) is 6.54 Å². The number of carbonyl (C=O) groups is 2. The fraction of sp³-hybridized carbons (Fsp3) is 0.818. The molecule has 6 nitrogen and oxygen atoms in total. The molecule has 0 aromatic carbocycles. The number of carboxylic acids is 1. The maximum atomic E-state index is 11.5. The number of carboxylic acid groups (broad SMARTS) is 1. The first-order chi connectivity index (χ1) is 7.91. The van der Waals surface area contributed by atoms with Crippen LogP contribution in [0.1, 0.15) is 26.7 Å². The SMILES string of the molecule is CC1CCC(NC(=O)NCC(O)C(=O)O)C1C. The molecule has 0 bridgehead atoms. The Morgan fingerprint density at radius 3 is 2.47 bits per heavy atom. The summed E-state index contributed by atoms with van der Waals surface area (Å²) in [5.74, 6) is -0.330. The molecule has 1 fully saturated rings. The highest BCUT2D eigenvalue weighted by atomic mass is 16.4. The minimum atomic E-state index is -1.55. The lowest BCUT2D eigenvalue weighted by Gasteiger charge is -2.20. The van der Waals surface area contributed by atoms with Crippen LogP contribution in [-0.2, 0) is 4.79 Å². The van der Waals surface area contributed by atoms with Crippen LogP contribution < -0.4 is 10.6 Å². The maximum absolute atomic E-state index is 11.5. The Morgan fingerprint density at radius 1 is 1.35 bits per heavy atom. The predicted octanol–water partition coefficient (Wildman–Crippen LogP) is 0.166.